The van der Waals surface area contributed by atoms with Crippen LogP contribution in [0.5, 0.6) is 0 Å². The lowest BCUT2D eigenvalue weighted by atomic mass is 10.2. The van der Waals surface area contributed by atoms with Gasteiger partial charge in [0.05, 0.1) is 5.71 Å². The number of carbonyl (C=O) groups is 1. The molecule has 0 spiro atoms. The fraction of sp³-hybridized carbons (Fsp3) is 0.375. The Morgan fingerprint density at radius 1 is 1.36 bits per heavy atom. The zero-order valence-electron chi connectivity index (χ0n) is 7.01. The highest BCUT2D eigenvalue weighted by Gasteiger charge is 1.92. The number of hydrogen-bond donors (Lipinski definition) is 1. The highest BCUT2D eigenvalue weighted by molar-refractivity contribution is 6.28. The molecule has 0 aliphatic rings. The van der Waals surface area contributed by atoms with Crippen molar-refractivity contribution < 1.29 is 4.79 Å². The van der Waals surface area contributed by atoms with E-state index in [1.54, 1.807) is 13.8 Å². The number of aliphatic imine (C=N–C) groups is 1. The molecule has 0 unspecified atom stereocenters. The van der Waals surface area contributed by atoms with Gasteiger partial charge in [0.15, 0.2) is 5.78 Å². The standard InChI is InChI=1S/C8H12N2O/c1-6(8(3)11)5-10-7(2)4-9/h4-5,9H,1-3H3/b6-5+,9-4?,10-7-. The van der Waals surface area contributed by atoms with Crippen LogP contribution in [0.3, 0.4) is 0 Å². The summed E-state index contributed by atoms with van der Waals surface area (Å²) in [6.07, 6.45) is 2.62. The van der Waals surface area contributed by atoms with E-state index in [9.17, 15) is 4.79 Å². The third-order valence-corrected chi connectivity index (χ3v) is 1.23. The van der Waals surface area contributed by atoms with Crippen molar-refractivity contribution in [2.45, 2.75) is 20.8 Å². The number of Topliss-reactive ketones (excluding diaryl/α,β-unsaturated/α-hetero) is 1. The number of hydrogen-bond acceptors (Lipinski definition) is 3. The van der Waals surface area contributed by atoms with E-state index in [4.69, 9.17) is 5.41 Å². The number of rotatable bonds is 3. The van der Waals surface area contributed by atoms with Gasteiger partial charge in [-0.25, -0.2) is 0 Å². The molecule has 11 heavy (non-hydrogen) atoms. The molecule has 0 aromatic rings. The monoisotopic (exact) mass is 152 g/mol. The van der Waals surface area contributed by atoms with Crippen molar-refractivity contribution in [1.82, 2.24) is 0 Å². The zero-order chi connectivity index (χ0) is 8.85. The Morgan fingerprint density at radius 2 is 1.91 bits per heavy atom. The third kappa shape index (κ3) is 4.19. The van der Waals surface area contributed by atoms with E-state index in [1.807, 2.05) is 0 Å². The van der Waals surface area contributed by atoms with Crippen LogP contribution in [0.15, 0.2) is 16.8 Å². The maximum absolute atomic E-state index is 10.6. The van der Waals surface area contributed by atoms with Crippen LogP contribution in [0.1, 0.15) is 20.8 Å². The highest BCUT2D eigenvalue weighted by Crippen LogP contribution is 1.93. The maximum atomic E-state index is 10.6. The summed E-state index contributed by atoms with van der Waals surface area (Å²) >= 11 is 0. The number of nitrogens with one attached hydrogen (secondary N) is 1. The second-order valence-electron chi connectivity index (χ2n) is 2.28. The first-order valence-electron chi connectivity index (χ1n) is 3.30. The third-order valence-electron chi connectivity index (χ3n) is 1.23. The Kier molecular flexibility index (Phi) is 4.03. The van der Waals surface area contributed by atoms with Crippen LogP contribution in [-0.2, 0) is 4.79 Å². The lowest BCUT2D eigenvalue weighted by Gasteiger charge is -1.89. The van der Waals surface area contributed by atoms with Crippen LogP contribution in [-0.4, -0.2) is 17.7 Å². The van der Waals surface area contributed by atoms with Gasteiger partial charge in [-0.05, 0) is 20.8 Å². The predicted molar refractivity (Wildman–Crippen MR) is 46.3 cm³/mol. The van der Waals surface area contributed by atoms with E-state index in [0.29, 0.717) is 11.3 Å². The summed E-state index contributed by atoms with van der Waals surface area (Å²) in [5, 5.41) is 6.79. The van der Waals surface area contributed by atoms with Crippen molar-refractivity contribution in [3.8, 4) is 0 Å². The van der Waals surface area contributed by atoms with Crippen LogP contribution in [0, 0.1) is 5.41 Å². The van der Waals surface area contributed by atoms with E-state index in [-0.39, 0.29) is 5.78 Å². The Balaban J connectivity index is 4.34. The zero-order valence-corrected chi connectivity index (χ0v) is 7.01. The minimum absolute atomic E-state index is 0.00605. The highest BCUT2D eigenvalue weighted by atomic mass is 16.1. The second kappa shape index (κ2) is 4.55. The number of carbonyl (C=O) groups excluding carboxylic acids is 1. The number of ketones is 1. The van der Waals surface area contributed by atoms with Gasteiger partial charge < -0.3 is 5.41 Å². The second-order valence-corrected chi connectivity index (χ2v) is 2.28. The van der Waals surface area contributed by atoms with E-state index in [0.717, 1.165) is 6.21 Å². The van der Waals surface area contributed by atoms with Gasteiger partial charge in [0.2, 0.25) is 0 Å². The lowest BCUT2D eigenvalue weighted by molar-refractivity contribution is -0.113. The van der Waals surface area contributed by atoms with E-state index >= 15 is 0 Å². The number of allylic oxidation sites excluding steroid dienone is 1. The molecular formula is C8H12N2O. The molecule has 1 N–H and O–H groups in total. The van der Waals surface area contributed by atoms with E-state index < -0.39 is 0 Å². The first-order chi connectivity index (χ1) is 5.07. The molecule has 0 aliphatic carbocycles. The van der Waals surface area contributed by atoms with Crippen molar-refractivity contribution >= 4 is 17.7 Å². The Hall–Kier alpha value is -1.25. The first-order valence-corrected chi connectivity index (χ1v) is 3.30. The molecule has 0 radical (unpaired) electrons. The lowest BCUT2D eigenvalue weighted by Crippen LogP contribution is -1.92. The first kappa shape index (κ1) is 9.75. The molecule has 0 bridgehead atoms. The molecular weight excluding hydrogens is 140 g/mol. The molecule has 0 amide bonds. The minimum Gasteiger partial charge on any atom is -0.307 e. The largest absolute Gasteiger partial charge is 0.307 e. The molecule has 3 heteroatoms. The molecule has 0 aromatic heterocycles. The van der Waals surface area contributed by atoms with Crippen molar-refractivity contribution in [2.24, 2.45) is 4.99 Å². The van der Waals surface area contributed by atoms with Crippen LogP contribution in [0.25, 0.3) is 0 Å². The topological polar surface area (TPSA) is 53.3 Å². The summed E-state index contributed by atoms with van der Waals surface area (Å²) in [6.45, 7) is 4.89. The van der Waals surface area contributed by atoms with Crippen molar-refractivity contribution in [3.05, 3.63) is 11.8 Å². The van der Waals surface area contributed by atoms with Gasteiger partial charge in [0.1, 0.15) is 0 Å². The molecule has 0 aliphatic heterocycles. The maximum Gasteiger partial charge on any atom is 0.157 e. The van der Waals surface area contributed by atoms with Gasteiger partial charge in [0.25, 0.3) is 0 Å². The van der Waals surface area contributed by atoms with Crippen molar-refractivity contribution in [1.29, 1.82) is 5.41 Å². The molecule has 3 nitrogen and oxygen atoms in total. The fourth-order valence-corrected chi connectivity index (χ4v) is 0.327. The minimum atomic E-state index is 0.00605. The van der Waals surface area contributed by atoms with Gasteiger partial charge in [0, 0.05) is 18.0 Å². The SMILES string of the molecule is CC(=O)/C(C)=C/N=C(/C)C=N. The molecule has 60 valence electrons. The van der Waals surface area contributed by atoms with Gasteiger partial charge in [-0.1, -0.05) is 0 Å². The van der Waals surface area contributed by atoms with Crippen molar-refractivity contribution in [3.63, 3.8) is 0 Å². The summed E-state index contributed by atoms with van der Waals surface area (Å²) in [4.78, 5) is 14.5. The average molecular weight is 152 g/mol. The molecule has 0 fully saturated rings. The molecule has 0 atom stereocenters. The molecule has 0 aromatic carbocycles. The average Bonchev–Trinajstić information content (AvgIpc) is 1.99. The number of nitrogens with zero attached hydrogens (tertiary/aromatic N) is 1. The Bertz CT molecular complexity index is 226. The van der Waals surface area contributed by atoms with Gasteiger partial charge >= 0.3 is 0 Å². The molecule has 0 saturated heterocycles. The predicted octanol–water partition coefficient (Wildman–Crippen LogP) is 1.59. The molecule has 0 saturated carbocycles. The van der Waals surface area contributed by atoms with Gasteiger partial charge in [-0.2, -0.15) is 0 Å². The summed E-state index contributed by atoms with van der Waals surface area (Å²) < 4.78 is 0. The van der Waals surface area contributed by atoms with Crippen LogP contribution >= 0.6 is 0 Å². The summed E-state index contributed by atoms with van der Waals surface area (Å²) in [5.41, 5.74) is 1.19. The van der Waals surface area contributed by atoms with Gasteiger partial charge in [-0.15, -0.1) is 0 Å². The smallest absolute Gasteiger partial charge is 0.157 e. The normalized spacial score (nSPS) is 13.0. The van der Waals surface area contributed by atoms with Crippen molar-refractivity contribution in [2.75, 3.05) is 0 Å². The van der Waals surface area contributed by atoms with Crippen LogP contribution < -0.4 is 0 Å². The van der Waals surface area contributed by atoms with E-state index in [1.165, 1.54) is 13.1 Å². The van der Waals surface area contributed by atoms with E-state index in [2.05, 4.69) is 4.99 Å². The summed E-state index contributed by atoms with van der Waals surface area (Å²) in [7, 11) is 0. The van der Waals surface area contributed by atoms with Crippen LogP contribution in [0.4, 0.5) is 0 Å². The Labute approximate surface area is 66.3 Å². The quantitative estimate of drug-likeness (QED) is 0.484. The summed E-state index contributed by atoms with van der Waals surface area (Å²) in [6, 6.07) is 0. The van der Waals surface area contributed by atoms with Crippen LogP contribution in [0.2, 0.25) is 0 Å². The fourth-order valence-electron chi connectivity index (χ4n) is 0.327. The Morgan fingerprint density at radius 3 is 2.27 bits per heavy atom. The van der Waals surface area contributed by atoms with Gasteiger partial charge in [-0.3, -0.25) is 9.79 Å². The summed E-state index contributed by atoms with van der Waals surface area (Å²) in [5.74, 6) is 0.00605. The molecule has 0 rings (SSSR count). The molecule has 0 heterocycles.